The minimum Gasteiger partial charge on any atom is -0.381 e. The Kier molecular flexibility index (Phi) is 5.43. The molecule has 0 radical (unpaired) electrons. The molecule has 0 heterocycles. The first-order valence-corrected chi connectivity index (χ1v) is 7.12. The van der Waals surface area contributed by atoms with E-state index in [-0.39, 0.29) is 6.04 Å². The third-order valence-electron chi connectivity index (χ3n) is 3.84. The average molecular weight is 252 g/mol. The Morgan fingerprint density at radius 3 is 2.72 bits per heavy atom. The van der Waals surface area contributed by atoms with Crippen molar-refractivity contribution in [2.45, 2.75) is 69.2 Å². The average Bonchev–Trinajstić information content (AvgIpc) is 3.22. The van der Waals surface area contributed by atoms with Gasteiger partial charge in [0.15, 0.2) is 0 Å². The standard InChI is InChI=1S/C14H24N2O2/c1-17-13-3-2-4-14(9-13)18-8-7-12(10-15)16-11-5-6-11/h11-14,16H,2-9H2,1H3. The van der Waals surface area contributed by atoms with E-state index < -0.39 is 0 Å². The molecule has 2 aliphatic rings. The van der Waals surface area contributed by atoms with Gasteiger partial charge in [-0.15, -0.1) is 0 Å². The second-order valence-electron chi connectivity index (χ2n) is 5.43. The minimum atomic E-state index is -0.0423. The number of methoxy groups -OCH3 is 1. The first-order valence-electron chi connectivity index (χ1n) is 7.12. The molecule has 0 aromatic heterocycles. The molecule has 0 amide bonds. The van der Waals surface area contributed by atoms with Crippen molar-refractivity contribution in [2.24, 2.45) is 0 Å². The van der Waals surface area contributed by atoms with E-state index in [2.05, 4.69) is 11.4 Å². The normalized spacial score (nSPS) is 29.8. The summed E-state index contributed by atoms with van der Waals surface area (Å²) in [6.07, 6.45) is 8.39. The zero-order chi connectivity index (χ0) is 12.8. The predicted octanol–water partition coefficient (Wildman–Crippen LogP) is 1.99. The number of hydrogen-bond donors (Lipinski definition) is 1. The molecule has 0 aliphatic heterocycles. The number of hydrogen-bond acceptors (Lipinski definition) is 4. The molecular formula is C14H24N2O2. The van der Waals surface area contributed by atoms with Crippen LogP contribution in [0.5, 0.6) is 0 Å². The molecule has 102 valence electrons. The van der Waals surface area contributed by atoms with Gasteiger partial charge in [-0.05, 0) is 44.9 Å². The SMILES string of the molecule is COC1CCCC(OCCC(C#N)NC2CC2)C1. The Bertz CT molecular complexity index is 286. The van der Waals surface area contributed by atoms with Crippen molar-refractivity contribution in [1.82, 2.24) is 5.32 Å². The molecule has 0 saturated heterocycles. The summed E-state index contributed by atoms with van der Waals surface area (Å²) in [4.78, 5) is 0. The van der Waals surface area contributed by atoms with E-state index >= 15 is 0 Å². The lowest BCUT2D eigenvalue weighted by Gasteiger charge is -2.28. The van der Waals surface area contributed by atoms with Gasteiger partial charge in [0.25, 0.3) is 0 Å². The lowest BCUT2D eigenvalue weighted by molar-refractivity contribution is -0.0307. The van der Waals surface area contributed by atoms with Crippen molar-refractivity contribution in [1.29, 1.82) is 5.26 Å². The van der Waals surface area contributed by atoms with Crippen LogP contribution in [0.3, 0.4) is 0 Å². The van der Waals surface area contributed by atoms with Crippen LogP contribution in [0.25, 0.3) is 0 Å². The maximum atomic E-state index is 9.03. The first-order chi connectivity index (χ1) is 8.81. The second kappa shape index (κ2) is 7.08. The van der Waals surface area contributed by atoms with Gasteiger partial charge in [0.05, 0.1) is 24.3 Å². The summed E-state index contributed by atoms with van der Waals surface area (Å²) in [5.41, 5.74) is 0. The Morgan fingerprint density at radius 1 is 1.28 bits per heavy atom. The van der Waals surface area contributed by atoms with Crippen molar-refractivity contribution in [2.75, 3.05) is 13.7 Å². The van der Waals surface area contributed by atoms with Gasteiger partial charge in [-0.3, -0.25) is 5.32 Å². The highest BCUT2D eigenvalue weighted by atomic mass is 16.5. The summed E-state index contributed by atoms with van der Waals surface area (Å²) < 4.78 is 11.3. The lowest BCUT2D eigenvalue weighted by atomic mass is 9.95. The molecule has 3 atom stereocenters. The molecule has 0 bridgehead atoms. The quantitative estimate of drug-likeness (QED) is 0.753. The van der Waals surface area contributed by atoms with Gasteiger partial charge in [-0.25, -0.2) is 0 Å². The minimum absolute atomic E-state index is 0.0423. The molecule has 2 fully saturated rings. The van der Waals surface area contributed by atoms with E-state index in [0.717, 1.165) is 25.7 Å². The fraction of sp³-hybridized carbons (Fsp3) is 0.929. The van der Waals surface area contributed by atoms with Crippen molar-refractivity contribution >= 4 is 0 Å². The van der Waals surface area contributed by atoms with Crippen LogP contribution < -0.4 is 5.32 Å². The van der Waals surface area contributed by atoms with Crippen LogP contribution in [-0.4, -0.2) is 38.0 Å². The molecule has 2 rings (SSSR count). The third-order valence-corrected chi connectivity index (χ3v) is 3.84. The number of rotatable bonds is 7. The van der Waals surface area contributed by atoms with E-state index in [0.29, 0.717) is 24.9 Å². The monoisotopic (exact) mass is 252 g/mol. The molecule has 18 heavy (non-hydrogen) atoms. The van der Waals surface area contributed by atoms with E-state index in [1.165, 1.54) is 19.3 Å². The van der Waals surface area contributed by atoms with E-state index in [1.807, 2.05) is 0 Å². The van der Waals surface area contributed by atoms with Crippen LogP contribution in [0, 0.1) is 11.3 Å². The van der Waals surface area contributed by atoms with Crippen LogP contribution in [0.4, 0.5) is 0 Å². The summed E-state index contributed by atoms with van der Waals surface area (Å²) in [5, 5.41) is 12.4. The van der Waals surface area contributed by atoms with Gasteiger partial charge >= 0.3 is 0 Å². The van der Waals surface area contributed by atoms with Gasteiger partial charge < -0.3 is 9.47 Å². The first kappa shape index (κ1) is 13.8. The fourth-order valence-electron chi connectivity index (χ4n) is 2.54. The fourth-order valence-corrected chi connectivity index (χ4v) is 2.54. The number of nitrogens with zero attached hydrogens (tertiary/aromatic N) is 1. The van der Waals surface area contributed by atoms with Gasteiger partial charge in [0.2, 0.25) is 0 Å². The summed E-state index contributed by atoms with van der Waals surface area (Å²) in [6, 6.07) is 2.86. The van der Waals surface area contributed by atoms with Crippen molar-refractivity contribution < 1.29 is 9.47 Å². The zero-order valence-electron chi connectivity index (χ0n) is 11.2. The molecule has 0 spiro atoms. The summed E-state index contributed by atoms with van der Waals surface area (Å²) in [5.74, 6) is 0. The molecule has 4 nitrogen and oxygen atoms in total. The second-order valence-corrected chi connectivity index (χ2v) is 5.43. The van der Waals surface area contributed by atoms with E-state index in [1.54, 1.807) is 7.11 Å². The lowest BCUT2D eigenvalue weighted by Crippen LogP contribution is -2.32. The van der Waals surface area contributed by atoms with Gasteiger partial charge in [-0.1, -0.05) is 0 Å². The predicted molar refractivity (Wildman–Crippen MR) is 69.2 cm³/mol. The molecule has 1 N–H and O–H groups in total. The van der Waals surface area contributed by atoms with Crippen LogP contribution in [0.15, 0.2) is 0 Å². The van der Waals surface area contributed by atoms with Crippen molar-refractivity contribution in [3.63, 3.8) is 0 Å². The molecule has 2 saturated carbocycles. The summed E-state index contributed by atoms with van der Waals surface area (Å²) in [7, 11) is 1.78. The molecular weight excluding hydrogens is 228 g/mol. The maximum absolute atomic E-state index is 9.03. The van der Waals surface area contributed by atoms with Crippen LogP contribution in [0.2, 0.25) is 0 Å². The topological polar surface area (TPSA) is 54.3 Å². The van der Waals surface area contributed by atoms with Crippen LogP contribution in [0.1, 0.15) is 44.9 Å². The molecule has 3 unspecified atom stereocenters. The molecule has 4 heteroatoms. The zero-order valence-corrected chi connectivity index (χ0v) is 11.2. The van der Waals surface area contributed by atoms with Crippen molar-refractivity contribution in [3.8, 4) is 6.07 Å². The summed E-state index contributed by atoms with van der Waals surface area (Å²) >= 11 is 0. The largest absolute Gasteiger partial charge is 0.381 e. The Labute approximate surface area is 110 Å². The smallest absolute Gasteiger partial charge is 0.0977 e. The number of ether oxygens (including phenoxy) is 2. The molecule has 0 aromatic rings. The number of nitrogens with one attached hydrogen (secondary N) is 1. The Morgan fingerprint density at radius 2 is 2.06 bits per heavy atom. The van der Waals surface area contributed by atoms with Gasteiger partial charge in [-0.2, -0.15) is 5.26 Å². The van der Waals surface area contributed by atoms with E-state index in [4.69, 9.17) is 14.7 Å². The van der Waals surface area contributed by atoms with Gasteiger partial charge in [0, 0.05) is 19.8 Å². The van der Waals surface area contributed by atoms with Crippen LogP contribution in [-0.2, 0) is 9.47 Å². The Hall–Kier alpha value is -0.630. The molecule has 2 aliphatic carbocycles. The highest BCUT2D eigenvalue weighted by Crippen LogP contribution is 2.23. The highest BCUT2D eigenvalue weighted by Gasteiger charge is 2.25. The summed E-state index contributed by atoms with van der Waals surface area (Å²) in [6.45, 7) is 0.680. The van der Waals surface area contributed by atoms with E-state index in [9.17, 15) is 0 Å². The van der Waals surface area contributed by atoms with Crippen molar-refractivity contribution in [3.05, 3.63) is 0 Å². The van der Waals surface area contributed by atoms with Gasteiger partial charge in [0.1, 0.15) is 0 Å². The maximum Gasteiger partial charge on any atom is 0.0977 e. The third kappa shape index (κ3) is 4.56. The highest BCUT2D eigenvalue weighted by molar-refractivity contribution is 4.95. The molecule has 0 aromatic carbocycles. The Balaban J connectivity index is 1.60. The van der Waals surface area contributed by atoms with Crippen LogP contribution >= 0.6 is 0 Å². The number of nitriles is 1.